The van der Waals surface area contributed by atoms with Gasteiger partial charge in [0.05, 0.1) is 0 Å². The zero-order chi connectivity index (χ0) is 12.2. The molecule has 0 saturated heterocycles. The van der Waals surface area contributed by atoms with Gasteiger partial charge in [0.15, 0.2) is 0 Å². The van der Waals surface area contributed by atoms with E-state index in [0.29, 0.717) is 0 Å². The van der Waals surface area contributed by atoms with Gasteiger partial charge in [-0.15, -0.1) is 0 Å². The van der Waals surface area contributed by atoms with Crippen molar-refractivity contribution in [2.75, 3.05) is 0 Å². The van der Waals surface area contributed by atoms with Crippen LogP contribution < -0.4 is 103 Å². The maximum atomic E-state index is 9.29. The van der Waals surface area contributed by atoms with Gasteiger partial charge >= 0.3 is 113 Å². The monoisotopic (exact) mass is 352 g/mol. The van der Waals surface area contributed by atoms with E-state index in [0.717, 1.165) is 0 Å². The molecule has 0 heterocycles. The fraction of sp³-hybridized carbons (Fsp3) is 0. The third-order valence-corrected chi connectivity index (χ3v) is 1.50. The Kier molecular flexibility index (Phi) is 18.2. The smallest absolute Gasteiger partial charge is 0.725 e. The molecule has 0 fully saturated rings. The van der Waals surface area contributed by atoms with E-state index < -0.39 is 31.2 Å². The minimum Gasteiger partial charge on any atom is -0.725 e. The molecule has 0 aromatic carbocycles. The van der Waals surface area contributed by atoms with Crippen molar-refractivity contribution in [1.82, 2.24) is 0 Å². The van der Waals surface area contributed by atoms with Crippen LogP contribution in [-0.4, -0.2) is 43.5 Å². The van der Waals surface area contributed by atoms with E-state index in [-0.39, 0.29) is 103 Å². The summed E-state index contributed by atoms with van der Waals surface area (Å²) in [6.07, 6.45) is 0. The Bertz CT molecular complexity index is 411. The predicted molar refractivity (Wildman–Crippen MR) is 34.7 cm³/mol. The van der Waals surface area contributed by atoms with Crippen LogP contribution in [-0.2, 0) is 34.8 Å². The molecule has 0 aliphatic carbocycles. The van der Waals surface area contributed by atoms with E-state index in [4.69, 9.17) is 17.5 Å². The second kappa shape index (κ2) is 10.7. The molecule has 16 heteroatoms. The van der Waals surface area contributed by atoms with Crippen LogP contribution in [0.2, 0.25) is 0 Å². The molecule has 0 bridgehead atoms. The molecule has 0 atom stereocenters. The molecule has 0 spiro atoms. The van der Waals surface area contributed by atoms with E-state index in [2.05, 4.69) is 3.63 Å². The summed E-state index contributed by atoms with van der Waals surface area (Å²) in [5.41, 5.74) is 0. The quantitative estimate of drug-likeness (QED) is 0.271. The standard InChI is InChI=1S/2K.H2O7S2.H2O4S/c;;1-8(2,3)7-9(4,5)6;1-5(2,3)4/h;;(H,1,2,3)(H,4,5,6);(H2,1,2,3,4)/q2*+1;;/p-2. The molecule has 0 aromatic heterocycles. The summed E-state index contributed by atoms with van der Waals surface area (Å²) in [5, 5.41) is 0. The largest absolute Gasteiger partial charge is 1.00 e. The van der Waals surface area contributed by atoms with Crippen molar-refractivity contribution in [2.45, 2.75) is 0 Å². The Balaban J connectivity index is -0.0000000904. The summed E-state index contributed by atoms with van der Waals surface area (Å²) >= 11 is 0. The van der Waals surface area contributed by atoms with Crippen molar-refractivity contribution >= 4 is 31.2 Å². The van der Waals surface area contributed by atoms with E-state index >= 15 is 0 Å². The first kappa shape index (κ1) is 27.3. The van der Waals surface area contributed by atoms with E-state index in [1.54, 1.807) is 0 Å². The molecule has 0 aliphatic rings. The van der Waals surface area contributed by atoms with Crippen LogP contribution in [0.4, 0.5) is 0 Å². The number of hydrogen-bond acceptors (Lipinski definition) is 9. The van der Waals surface area contributed by atoms with Gasteiger partial charge in [-0.3, -0.25) is 9.11 Å². The van der Waals surface area contributed by atoms with Crippen LogP contribution in [0, 0.1) is 0 Å². The van der Waals surface area contributed by atoms with Gasteiger partial charge in [0.25, 0.3) is 0 Å². The van der Waals surface area contributed by atoms with E-state index in [1.807, 2.05) is 0 Å². The Morgan fingerprint density at radius 3 is 0.875 bits per heavy atom. The van der Waals surface area contributed by atoms with Crippen LogP contribution >= 0.6 is 0 Å². The third-order valence-electron chi connectivity index (χ3n) is 0.167. The maximum absolute atomic E-state index is 9.29. The van der Waals surface area contributed by atoms with E-state index in [1.165, 1.54) is 0 Å². The van der Waals surface area contributed by atoms with Gasteiger partial charge < -0.3 is 9.11 Å². The number of rotatable bonds is 2. The first-order valence-corrected chi connectivity index (χ1v) is 6.10. The van der Waals surface area contributed by atoms with Gasteiger partial charge in [0.1, 0.15) is 0 Å². The SMILES string of the molecule is O=S(=O)(O)O.O=S(=O)([O-])OS(=O)(=O)[O-].[K+].[K+]. The summed E-state index contributed by atoms with van der Waals surface area (Å²) in [6.45, 7) is 0. The van der Waals surface area contributed by atoms with Gasteiger partial charge in [-0.25, -0.2) is 16.8 Å². The summed E-state index contributed by atoms with van der Waals surface area (Å²) in [7, 11) is -15.5. The first-order valence-electron chi connectivity index (χ1n) is 2.03. The molecule has 0 amide bonds. The van der Waals surface area contributed by atoms with Gasteiger partial charge in [0, 0.05) is 0 Å². The van der Waals surface area contributed by atoms with Crippen molar-refractivity contribution in [3.8, 4) is 0 Å². The normalized spacial score (nSPS) is 11.2. The average molecular weight is 352 g/mol. The maximum Gasteiger partial charge on any atom is 1.00 e. The molecule has 0 unspecified atom stereocenters. The first-order chi connectivity index (χ1) is 5.71. The Hall–Kier alpha value is 2.92. The molecule has 0 radical (unpaired) electrons. The Labute approximate surface area is 177 Å². The molecule has 2 N–H and O–H groups in total. The minimum absolute atomic E-state index is 0. The van der Waals surface area contributed by atoms with Crippen molar-refractivity contribution in [1.29, 1.82) is 0 Å². The molecule has 0 rings (SSSR count). The Morgan fingerprint density at radius 2 is 0.875 bits per heavy atom. The summed E-state index contributed by atoms with van der Waals surface area (Å²) < 4.78 is 89.8. The van der Waals surface area contributed by atoms with Crippen LogP contribution in [0.1, 0.15) is 0 Å². The van der Waals surface area contributed by atoms with Gasteiger partial charge in [-0.2, -0.15) is 12.0 Å². The fourth-order valence-electron chi connectivity index (χ4n) is 0.102. The van der Waals surface area contributed by atoms with Gasteiger partial charge in [-0.1, -0.05) is 0 Å². The van der Waals surface area contributed by atoms with Crippen molar-refractivity contribution in [3.63, 3.8) is 0 Å². The van der Waals surface area contributed by atoms with Gasteiger partial charge in [-0.05, 0) is 0 Å². The zero-order valence-electron chi connectivity index (χ0n) is 7.79. The second-order valence-corrected chi connectivity index (χ2v) is 4.41. The van der Waals surface area contributed by atoms with Gasteiger partial charge in [0.2, 0.25) is 20.8 Å². The number of hydrogen-bond donors (Lipinski definition) is 2. The summed E-state index contributed by atoms with van der Waals surface area (Å²) in [4.78, 5) is 0. The summed E-state index contributed by atoms with van der Waals surface area (Å²) in [5.74, 6) is 0. The third kappa shape index (κ3) is 53.9. The average Bonchev–Trinajstić information content (AvgIpc) is 1.42. The van der Waals surface area contributed by atoms with Crippen LogP contribution in [0.15, 0.2) is 0 Å². The topological polar surface area (TPSA) is 198 Å². The molecule has 0 aromatic rings. The Morgan fingerprint density at radius 1 is 0.750 bits per heavy atom. The van der Waals surface area contributed by atoms with Crippen molar-refractivity contribution in [3.05, 3.63) is 0 Å². The molecular weight excluding hydrogens is 350 g/mol. The molecule has 11 nitrogen and oxygen atoms in total. The molecular formula is H2K2O11S3. The van der Waals surface area contributed by atoms with Crippen LogP contribution in [0.3, 0.4) is 0 Å². The van der Waals surface area contributed by atoms with E-state index in [9.17, 15) is 25.9 Å². The van der Waals surface area contributed by atoms with Crippen LogP contribution in [0.25, 0.3) is 0 Å². The second-order valence-electron chi connectivity index (χ2n) is 1.33. The molecule has 88 valence electrons. The molecule has 0 aliphatic heterocycles. The molecule has 0 saturated carbocycles. The van der Waals surface area contributed by atoms with Crippen molar-refractivity contribution in [2.24, 2.45) is 0 Å². The fourth-order valence-corrected chi connectivity index (χ4v) is 0.919. The zero-order valence-corrected chi connectivity index (χ0v) is 16.5. The minimum atomic E-state index is -5.43. The molecule has 16 heavy (non-hydrogen) atoms. The predicted octanol–water partition coefficient (Wildman–Crippen LogP) is -8.72. The van der Waals surface area contributed by atoms with Crippen molar-refractivity contribution < 1.29 is 150 Å². The summed E-state index contributed by atoms with van der Waals surface area (Å²) in [6, 6.07) is 0. The van der Waals surface area contributed by atoms with Crippen LogP contribution in [0.5, 0.6) is 0 Å².